The lowest BCUT2D eigenvalue weighted by Crippen LogP contribution is -2.42. The maximum absolute atomic E-state index is 13.4. The summed E-state index contributed by atoms with van der Waals surface area (Å²) in [5.41, 5.74) is 0. The molecular weight excluding hydrogens is 338 g/mol. The first-order valence-corrected chi connectivity index (χ1v) is 8.20. The minimum atomic E-state index is -0.721. The van der Waals surface area contributed by atoms with E-state index in [1.807, 2.05) is 4.90 Å². The van der Waals surface area contributed by atoms with Crippen molar-refractivity contribution in [3.05, 3.63) is 29.8 Å². The Morgan fingerprint density at radius 1 is 1.42 bits per heavy atom. The Bertz CT molecular complexity index is 525. The molecule has 24 heavy (non-hydrogen) atoms. The van der Waals surface area contributed by atoms with E-state index < -0.39 is 11.6 Å². The summed E-state index contributed by atoms with van der Waals surface area (Å²) >= 11 is 0. The van der Waals surface area contributed by atoms with Gasteiger partial charge in [-0.1, -0.05) is 6.92 Å². The van der Waals surface area contributed by atoms with Crippen molar-refractivity contribution in [3.8, 4) is 5.75 Å². The molecule has 1 N–H and O–H groups in total. The normalized spacial score (nSPS) is 16.5. The molecule has 1 heterocycles. The van der Waals surface area contributed by atoms with Gasteiger partial charge >= 0.3 is 0 Å². The van der Waals surface area contributed by atoms with Crippen molar-refractivity contribution >= 4 is 18.3 Å². The molecule has 2 rings (SSSR count). The van der Waals surface area contributed by atoms with Crippen molar-refractivity contribution in [2.24, 2.45) is 0 Å². The number of ether oxygens (including phenoxy) is 1. The molecule has 7 heteroatoms. The van der Waals surface area contributed by atoms with Crippen molar-refractivity contribution < 1.29 is 18.3 Å². The summed E-state index contributed by atoms with van der Waals surface area (Å²) in [6.45, 7) is 4.85. The Morgan fingerprint density at radius 2 is 2.21 bits per heavy atom. The molecule has 1 aliphatic rings. The lowest BCUT2D eigenvalue weighted by Gasteiger charge is -2.28. The summed E-state index contributed by atoms with van der Waals surface area (Å²) in [7, 11) is 0. The molecule has 1 fully saturated rings. The lowest BCUT2D eigenvalue weighted by atomic mass is 10.1. The van der Waals surface area contributed by atoms with E-state index in [0.717, 1.165) is 44.6 Å². The van der Waals surface area contributed by atoms with Crippen molar-refractivity contribution in [1.82, 2.24) is 10.2 Å². The number of nitrogens with zero attached hydrogens (tertiary/aromatic N) is 1. The van der Waals surface area contributed by atoms with Crippen molar-refractivity contribution in [2.45, 2.75) is 38.6 Å². The summed E-state index contributed by atoms with van der Waals surface area (Å²) in [6, 6.07) is 3.48. The highest BCUT2D eigenvalue weighted by atomic mass is 35.5. The van der Waals surface area contributed by atoms with Crippen molar-refractivity contribution in [1.29, 1.82) is 0 Å². The highest BCUT2D eigenvalue weighted by molar-refractivity contribution is 5.85. The maximum Gasteiger partial charge on any atom is 0.222 e. The average molecular weight is 363 g/mol. The maximum atomic E-state index is 13.4. The van der Waals surface area contributed by atoms with Gasteiger partial charge in [0.1, 0.15) is 5.82 Å². The Labute approximate surface area is 148 Å². The molecule has 1 unspecified atom stereocenters. The zero-order chi connectivity index (χ0) is 16.7. The van der Waals surface area contributed by atoms with Gasteiger partial charge in [-0.3, -0.25) is 4.79 Å². The number of benzene rings is 1. The van der Waals surface area contributed by atoms with Gasteiger partial charge in [0.2, 0.25) is 5.91 Å². The molecule has 1 atom stereocenters. The largest absolute Gasteiger partial charge is 0.491 e. The standard InChI is InChI=1S/C17H24F2N2O2.ClH/c1-2-9-21(14-7-8-20-12-14)17(22)4-3-10-23-16-6-5-13(18)11-15(16)19;/h5-6,11,14,20H,2-4,7-10,12H2,1H3;1H. The number of carbonyl (C=O) groups is 1. The van der Waals surface area contributed by atoms with E-state index in [4.69, 9.17) is 4.74 Å². The average Bonchev–Trinajstić information content (AvgIpc) is 3.04. The summed E-state index contributed by atoms with van der Waals surface area (Å²) in [5.74, 6) is -1.22. The van der Waals surface area contributed by atoms with Crippen LogP contribution in [0.1, 0.15) is 32.6 Å². The lowest BCUT2D eigenvalue weighted by molar-refractivity contribution is -0.133. The van der Waals surface area contributed by atoms with Gasteiger partial charge in [0.15, 0.2) is 11.6 Å². The number of hydrogen-bond acceptors (Lipinski definition) is 3. The van der Waals surface area contributed by atoms with Crippen LogP contribution in [0.25, 0.3) is 0 Å². The monoisotopic (exact) mass is 362 g/mol. The van der Waals surface area contributed by atoms with Crippen LogP contribution in [0.5, 0.6) is 5.75 Å². The van der Waals surface area contributed by atoms with E-state index in [-0.39, 0.29) is 36.7 Å². The van der Waals surface area contributed by atoms with Gasteiger partial charge in [0.05, 0.1) is 6.61 Å². The second kappa shape index (κ2) is 10.5. The van der Waals surface area contributed by atoms with E-state index >= 15 is 0 Å². The van der Waals surface area contributed by atoms with Gasteiger partial charge in [-0.15, -0.1) is 12.4 Å². The first kappa shape index (κ1) is 20.6. The van der Waals surface area contributed by atoms with Crippen molar-refractivity contribution in [3.63, 3.8) is 0 Å². The Hall–Kier alpha value is -1.40. The van der Waals surface area contributed by atoms with Gasteiger partial charge in [-0.05, 0) is 37.9 Å². The van der Waals surface area contributed by atoms with Crippen LogP contribution in [0.4, 0.5) is 8.78 Å². The SMILES string of the molecule is CCCN(C(=O)CCCOc1ccc(F)cc1F)C1CCNC1.Cl. The van der Waals surface area contributed by atoms with E-state index in [2.05, 4.69) is 12.2 Å². The highest BCUT2D eigenvalue weighted by Crippen LogP contribution is 2.18. The molecule has 0 saturated carbocycles. The third-order valence-corrected chi connectivity index (χ3v) is 3.95. The van der Waals surface area contributed by atoms with Gasteiger partial charge in [0.25, 0.3) is 0 Å². The van der Waals surface area contributed by atoms with Gasteiger partial charge in [0, 0.05) is 31.6 Å². The zero-order valence-electron chi connectivity index (χ0n) is 13.9. The number of halogens is 3. The fourth-order valence-electron chi connectivity index (χ4n) is 2.80. The quantitative estimate of drug-likeness (QED) is 0.722. The first-order chi connectivity index (χ1) is 11.1. The van der Waals surface area contributed by atoms with Crippen LogP contribution in [-0.2, 0) is 4.79 Å². The molecule has 0 spiro atoms. The van der Waals surface area contributed by atoms with E-state index in [0.29, 0.717) is 12.8 Å². The van der Waals surface area contributed by atoms with Crippen LogP contribution < -0.4 is 10.1 Å². The Kier molecular flexibility index (Phi) is 9.00. The number of rotatable bonds is 8. The number of hydrogen-bond donors (Lipinski definition) is 1. The summed E-state index contributed by atoms with van der Waals surface area (Å²) in [6.07, 6.45) is 2.80. The van der Waals surface area contributed by atoms with Gasteiger partial charge in [-0.25, -0.2) is 8.78 Å². The van der Waals surface area contributed by atoms with Crippen molar-refractivity contribution in [2.75, 3.05) is 26.2 Å². The summed E-state index contributed by atoms with van der Waals surface area (Å²) in [4.78, 5) is 14.3. The molecule has 1 amide bonds. The molecule has 0 radical (unpaired) electrons. The molecule has 1 aliphatic heterocycles. The molecule has 0 aliphatic carbocycles. The second-order valence-electron chi connectivity index (χ2n) is 5.76. The minimum absolute atomic E-state index is 0. The van der Waals surface area contributed by atoms with E-state index in [1.54, 1.807) is 0 Å². The van der Waals surface area contributed by atoms with Crippen LogP contribution in [0.15, 0.2) is 18.2 Å². The highest BCUT2D eigenvalue weighted by Gasteiger charge is 2.25. The van der Waals surface area contributed by atoms with Crippen LogP contribution in [0.3, 0.4) is 0 Å². The summed E-state index contributed by atoms with van der Waals surface area (Å²) in [5, 5.41) is 3.27. The van der Waals surface area contributed by atoms with E-state index in [9.17, 15) is 13.6 Å². The number of carbonyl (C=O) groups excluding carboxylic acids is 1. The predicted molar refractivity (Wildman–Crippen MR) is 91.6 cm³/mol. The fraction of sp³-hybridized carbons (Fsp3) is 0.588. The van der Waals surface area contributed by atoms with Gasteiger partial charge in [-0.2, -0.15) is 0 Å². The van der Waals surface area contributed by atoms with E-state index in [1.165, 1.54) is 6.07 Å². The predicted octanol–water partition coefficient (Wildman–Crippen LogP) is 3.15. The molecular formula is C17H25ClF2N2O2. The third-order valence-electron chi connectivity index (χ3n) is 3.95. The fourth-order valence-corrected chi connectivity index (χ4v) is 2.80. The zero-order valence-corrected chi connectivity index (χ0v) is 14.7. The number of amides is 1. The molecule has 136 valence electrons. The molecule has 0 aromatic heterocycles. The van der Waals surface area contributed by atoms with Crippen LogP contribution in [0, 0.1) is 11.6 Å². The smallest absolute Gasteiger partial charge is 0.222 e. The molecule has 0 bridgehead atoms. The molecule has 4 nitrogen and oxygen atoms in total. The third kappa shape index (κ3) is 5.91. The van der Waals surface area contributed by atoms with Gasteiger partial charge < -0.3 is 15.0 Å². The molecule has 1 aromatic rings. The first-order valence-electron chi connectivity index (χ1n) is 8.20. The topological polar surface area (TPSA) is 41.6 Å². The molecule has 1 aromatic carbocycles. The molecule has 1 saturated heterocycles. The van der Waals surface area contributed by atoms with Crippen LogP contribution in [-0.4, -0.2) is 43.1 Å². The summed E-state index contributed by atoms with van der Waals surface area (Å²) < 4.78 is 31.5. The van der Waals surface area contributed by atoms with Crippen LogP contribution >= 0.6 is 12.4 Å². The minimum Gasteiger partial charge on any atom is -0.491 e. The Balaban J connectivity index is 0.00000288. The number of nitrogens with one attached hydrogen (secondary N) is 1. The van der Waals surface area contributed by atoms with Crippen LogP contribution in [0.2, 0.25) is 0 Å². The second-order valence-corrected chi connectivity index (χ2v) is 5.76. The Morgan fingerprint density at radius 3 is 2.83 bits per heavy atom.